The first-order chi connectivity index (χ1) is 15.1. The molecule has 2 unspecified atom stereocenters. The fourth-order valence-electron chi connectivity index (χ4n) is 5.17. The van der Waals surface area contributed by atoms with E-state index in [-0.39, 0.29) is 0 Å². The summed E-state index contributed by atoms with van der Waals surface area (Å²) in [5.41, 5.74) is 6.82. The number of fused-ring (bicyclic) bond motifs is 1. The van der Waals surface area contributed by atoms with Gasteiger partial charge in [0.1, 0.15) is 0 Å². The second kappa shape index (κ2) is 9.00. The zero-order valence-corrected chi connectivity index (χ0v) is 19.5. The third kappa shape index (κ3) is 4.43. The van der Waals surface area contributed by atoms with Gasteiger partial charge in [0.05, 0.1) is 0 Å². The Hall–Kier alpha value is -1.77. The predicted molar refractivity (Wildman–Crippen MR) is 132 cm³/mol. The Labute approximate surface area is 199 Å². The van der Waals surface area contributed by atoms with Gasteiger partial charge in [0.2, 0.25) is 0 Å². The normalized spacial score (nSPS) is 21.1. The van der Waals surface area contributed by atoms with E-state index in [4.69, 9.17) is 34.8 Å². The zero-order chi connectivity index (χ0) is 21.4. The SMILES string of the molecule is Clc1ccc(C2=CCN(C3c4ccccc4CC3Cc3ccc(Cl)cc3Cl)CC2)cc1. The minimum absolute atomic E-state index is 0.408. The summed E-state index contributed by atoms with van der Waals surface area (Å²) in [5, 5.41) is 2.25. The van der Waals surface area contributed by atoms with Gasteiger partial charge in [0.15, 0.2) is 0 Å². The van der Waals surface area contributed by atoms with Crippen LogP contribution in [0.2, 0.25) is 15.1 Å². The molecule has 0 bridgehead atoms. The lowest BCUT2D eigenvalue weighted by atomic mass is 9.90. The Morgan fingerprint density at radius 1 is 0.871 bits per heavy atom. The van der Waals surface area contributed by atoms with Crippen LogP contribution in [-0.2, 0) is 12.8 Å². The number of benzene rings is 3. The maximum Gasteiger partial charge on any atom is 0.0452 e. The van der Waals surface area contributed by atoms with E-state index in [2.05, 4.69) is 53.4 Å². The molecule has 2 aliphatic rings. The van der Waals surface area contributed by atoms with Gasteiger partial charge in [-0.05, 0) is 77.3 Å². The number of halogens is 3. The van der Waals surface area contributed by atoms with Crippen LogP contribution in [0.25, 0.3) is 5.57 Å². The average Bonchev–Trinajstić information content (AvgIpc) is 3.14. The largest absolute Gasteiger partial charge is 0.292 e. The van der Waals surface area contributed by atoms with Gasteiger partial charge in [0.25, 0.3) is 0 Å². The lowest BCUT2D eigenvalue weighted by Crippen LogP contribution is -2.35. The highest BCUT2D eigenvalue weighted by Gasteiger charge is 2.37. The minimum atomic E-state index is 0.408. The molecule has 0 spiro atoms. The van der Waals surface area contributed by atoms with E-state index in [1.54, 1.807) is 0 Å². The smallest absolute Gasteiger partial charge is 0.0452 e. The van der Waals surface area contributed by atoms with Crippen molar-refractivity contribution in [2.75, 3.05) is 13.1 Å². The van der Waals surface area contributed by atoms with Crippen LogP contribution < -0.4 is 0 Å². The van der Waals surface area contributed by atoms with Crippen molar-refractivity contribution in [1.82, 2.24) is 4.90 Å². The zero-order valence-electron chi connectivity index (χ0n) is 17.2. The first kappa shape index (κ1) is 21.1. The third-order valence-corrected chi connectivity index (χ3v) is 7.49. The van der Waals surface area contributed by atoms with Gasteiger partial charge in [-0.1, -0.05) is 83.3 Å². The van der Waals surface area contributed by atoms with E-state index < -0.39 is 0 Å². The van der Waals surface area contributed by atoms with Crippen LogP contribution in [0.4, 0.5) is 0 Å². The van der Waals surface area contributed by atoms with Gasteiger partial charge < -0.3 is 0 Å². The molecule has 0 saturated heterocycles. The molecule has 0 saturated carbocycles. The molecule has 158 valence electrons. The molecule has 0 fully saturated rings. The van der Waals surface area contributed by atoms with Crippen LogP contribution >= 0.6 is 34.8 Å². The molecule has 4 heteroatoms. The van der Waals surface area contributed by atoms with E-state index in [1.165, 1.54) is 27.8 Å². The summed E-state index contributed by atoms with van der Waals surface area (Å²) in [6, 6.07) is 23.4. The van der Waals surface area contributed by atoms with E-state index in [1.807, 2.05) is 24.3 Å². The number of hydrogen-bond acceptors (Lipinski definition) is 1. The standard InChI is InChI=1S/C27H24Cl3N/c28-23-8-5-18(6-9-23)19-11-13-31(14-12-19)27-22(15-20-3-1-2-4-25(20)27)16-21-7-10-24(29)17-26(21)30/h1-11,17,22,27H,12-16H2. The summed E-state index contributed by atoms with van der Waals surface area (Å²) >= 11 is 18.7. The molecule has 0 amide bonds. The Balaban J connectivity index is 1.40. The van der Waals surface area contributed by atoms with Crippen molar-refractivity contribution in [2.45, 2.75) is 25.3 Å². The van der Waals surface area contributed by atoms with E-state index in [0.29, 0.717) is 17.0 Å². The predicted octanol–water partition coefficient (Wildman–Crippen LogP) is 7.89. The number of nitrogens with zero attached hydrogens (tertiary/aromatic N) is 1. The molecule has 2 atom stereocenters. The number of rotatable bonds is 4. The molecule has 1 aliphatic carbocycles. The van der Waals surface area contributed by atoms with Crippen LogP contribution in [-0.4, -0.2) is 18.0 Å². The molecular formula is C27H24Cl3N. The fraction of sp³-hybridized carbons (Fsp3) is 0.259. The molecule has 1 nitrogen and oxygen atoms in total. The van der Waals surface area contributed by atoms with E-state index in [9.17, 15) is 0 Å². The highest BCUT2D eigenvalue weighted by molar-refractivity contribution is 6.35. The molecule has 0 aromatic heterocycles. The van der Waals surface area contributed by atoms with Crippen LogP contribution in [0.15, 0.2) is 72.8 Å². The van der Waals surface area contributed by atoms with Crippen molar-refractivity contribution in [2.24, 2.45) is 5.92 Å². The van der Waals surface area contributed by atoms with E-state index in [0.717, 1.165) is 42.4 Å². The molecule has 1 heterocycles. The molecule has 5 rings (SSSR count). The monoisotopic (exact) mass is 467 g/mol. The summed E-state index contributed by atoms with van der Waals surface area (Å²) in [5.74, 6) is 0.501. The van der Waals surface area contributed by atoms with Crippen LogP contribution in [0, 0.1) is 5.92 Å². The van der Waals surface area contributed by atoms with Crippen molar-refractivity contribution >= 4 is 40.4 Å². The van der Waals surface area contributed by atoms with Gasteiger partial charge in [-0.3, -0.25) is 4.90 Å². The maximum atomic E-state index is 6.53. The Kier molecular flexibility index (Phi) is 6.12. The highest BCUT2D eigenvalue weighted by Crippen LogP contribution is 2.44. The van der Waals surface area contributed by atoms with Gasteiger partial charge in [-0.15, -0.1) is 0 Å². The minimum Gasteiger partial charge on any atom is -0.292 e. The lowest BCUT2D eigenvalue weighted by molar-refractivity contribution is 0.167. The summed E-state index contributed by atoms with van der Waals surface area (Å²) in [7, 11) is 0. The number of hydrogen-bond donors (Lipinski definition) is 0. The Morgan fingerprint density at radius 3 is 2.39 bits per heavy atom. The first-order valence-corrected chi connectivity index (χ1v) is 11.9. The third-order valence-electron chi connectivity index (χ3n) is 6.65. The second-order valence-corrected chi connectivity index (χ2v) is 9.81. The summed E-state index contributed by atoms with van der Waals surface area (Å²) in [6.45, 7) is 2.01. The van der Waals surface area contributed by atoms with Crippen LogP contribution in [0.5, 0.6) is 0 Å². The van der Waals surface area contributed by atoms with Crippen molar-refractivity contribution in [1.29, 1.82) is 0 Å². The van der Waals surface area contributed by atoms with Crippen LogP contribution in [0.1, 0.15) is 34.7 Å². The summed E-state index contributed by atoms with van der Waals surface area (Å²) in [4.78, 5) is 2.64. The second-order valence-electron chi connectivity index (χ2n) is 8.53. The van der Waals surface area contributed by atoms with Crippen molar-refractivity contribution in [3.63, 3.8) is 0 Å². The fourth-order valence-corrected chi connectivity index (χ4v) is 5.78. The quantitative estimate of drug-likeness (QED) is 0.376. The van der Waals surface area contributed by atoms with Crippen LogP contribution in [0.3, 0.4) is 0 Å². The van der Waals surface area contributed by atoms with Gasteiger partial charge in [0, 0.05) is 34.2 Å². The summed E-state index contributed by atoms with van der Waals surface area (Å²) in [6.07, 6.45) is 5.48. The Morgan fingerprint density at radius 2 is 1.65 bits per heavy atom. The van der Waals surface area contributed by atoms with Crippen molar-refractivity contribution < 1.29 is 0 Å². The Bertz CT molecular complexity index is 1120. The van der Waals surface area contributed by atoms with Gasteiger partial charge in [-0.25, -0.2) is 0 Å². The van der Waals surface area contributed by atoms with E-state index >= 15 is 0 Å². The molecule has 0 N–H and O–H groups in total. The van der Waals surface area contributed by atoms with Gasteiger partial charge in [-0.2, -0.15) is 0 Å². The molecule has 31 heavy (non-hydrogen) atoms. The maximum absolute atomic E-state index is 6.53. The molecule has 3 aromatic carbocycles. The summed E-state index contributed by atoms with van der Waals surface area (Å²) < 4.78 is 0. The van der Waals surface area contributed by atoms with Crippen molar-refractivity contribution in [3.8, 4) is 0 Å². The molecule has 3 aromatic rings. The molecular weight excluding hydrogens is 445 g/mol. The molecule has 1 aliphatic heterocycles. The topological polar surface area (TPSA) is 3.24 Å². The lowest BCUT2D eigenvalue weighted by Gasteiger charge is -2.36. The molecule has 0 radical (unpaired) electrons. The first-order valence-electron chi connectivity index (χ1n) is 10.8. The highest BCUT2D eigenvalue weighted by atomic mass is 35.5. The average molecular weight is 469 g/mol. The van der Waals surface area contributed by atoms with Gasteiger partial charge >= 0.3 is 0 Å². The van der Waals surface area contributed by atoms with Crippen molar-refractivity contribution in [3.05, 3.63) is 110 Å².